The summed E-state index contributed by atoms with van der Waals surface area (Å²) < 4.78 is 11.7. The molecule has 2 N–H and O–H groups in total. The number of nitrogens with zero attached hydrogens (tertiary/aromatic N) is 1. The van der Waals surface area contributed by atoms with Crippen LogP contribution in [0.4, 0.5) is 5.69 Å². The van der Waals surface area contributed by atoms with Crippen molar-refractivity contribution in [3.05, 3.63) is 59.7 Å². The summed E-state index contributed by atoms with van der Waals surface area (Å²) in [5.41, 5.74) is 1.58. The predicted octanol–water partition coefficient (Wildman–Crippen LogP) is 3.03. The highest BCUT2D eigenvalue weighted by Gasteiger charge is 2.25. The highest BCUT2D eigenvalue weighted by atomic mass is 16.5. The highest BCUT2D eigenvalue weighted by molar-refractivity contribution is 6.05. The number of nitrogens with one attached hydrogen (secondary N) is 2. The van der Waals surface area contributed by atoms with Crippen LogP contribution in [0.3, 0.4) is 0 Å². The second-order valence-electron chi connectivity index (χ2n) is 8.09. The van der Waals surface area contributed by atoms with Gasteiger partial charge < -0.3 is 25.0 Å². The largest absolute Gasteiger partial charge is 0.491 e. The molecule has 1 aliphatic heterocycles. The van der Waals surface area contributed by atoms with E-state index in [2.05, 4.69) is 17.6 Å². The first-order valence-corrected chi connectivity index (χ1v) is 10.5. The van der Waals surface area contributed by atoms with Gasteiger partial charge in [-0.05, 0) is 37.1 Å². The Bertz CT molecular complexity index is 903. The molecule has 0 aromatic heterocycles. The van der Waals surface area contributed by atoms with Gasteiger partial charge in [0.25, 0.3) is 11.8 Å². The number of ether oxygens (including phenoxy) is 2. The highest BCUT2D eigenvalue weighted by Crippen LogP contribution is 2.26. The fourth-order valence-electron chi connectivity index (χ4n) is 3.53. The number of hydrogen-bond acceptors (Lipinski definition) is 5. The molecule has 0 saturated carbocycles. The van der Waals surface area contributed by atoms with Crippen LogP contribution in [0.15, 0.2) is 48.5 Å². The molecule has 2 aromatic rings. The molecular formula is C24H31N3O4. The molecule has 0 spiro atoms. The third kappa shape index (κ3) is 5.83. The number of carbonyl (C=O) groups excluding carboxylic acids is 2. The van der Waals surface area contributed by atoms with Gasteiger partial charge in [-0.3, -0.25) is 9.59 Å². The van der Waals surface area contributed by atoms with Gasteiger partial charge >= 0.3 is 0 Å². The van der Waals surface area contributed by atoms with Crippen molar-refractivity contribution in [3.63, 3.8) is 0 Å². The fourth-order valence-corrected chi connectivity index (χ4v) is 3.53. The number of rotatable bonds is 3. The lowest BCUT2D eigenvalue weighted by Gasteiger charge is -2.30. The molecule has 3 rings (SSSR count). The standard InChI is InChI=1S/C24H31N3O4/c1-16-13-25-17(2)15-31-21-12-19(26-23(28)18-8-6-5-7-9-18)10-11-20(21)24(29)27(3)14-22(16)30-4/h5-12,16-17,22,25H,13-15H2,1-4H3,(H,26,28)/t16-,17+,22-/m1/s1. The number of carbonyl (C=O) groups is 2. The van der Waals surface area contributed by atoms with E-state index in [1.165, 1.54) is 0 Å². The Labute approximate surface area is 183 Å². The van der Waals surface area contributed by atoms with Gasteiger partial charge in [0.1, 0.15) is 12.4 Å². The lowest BCUT2D eigenvalue weighted by atomic mass is 10.0. The zero-order chi connectivity index (χ0) is 22.4. The molecule has 0 saturated heterocycles. The Morgan fingerprint density at radius 3 is 2.65 bits per heavy atom. The van der Waals surface area contributed by atoms with E-state index < -0.39 is 0 Å². The molecule has 0 aliphatic carbocycles. The molecule has 166 valence electrons. The quantitative estimate of drug-likeness (QED) is 0.790. The summed E-state index contributed by atoms with van der Waals surface area (Å²) in [6.07, 6.45) is -0.0816. The normalized spacial score (nSPS) is 22.5. The van der Waals surface area contributed by atoms with Crippen molar-refractivity contribution >= 4 is 17.5 Å². The number of likely N-dealkylation sites (N-methyl/N-ethyl adjacent to an activating group) is 1. The van der Waals surface area contributed by atoms with Crippen LogP contribution >= 0.6 is 0 Å². The lowest BCUT2D eigenvalue weighted by molar-refractivity contribution is 0.0281. The fraction of sp³-hybridized carbons (Fsp3) is 0.417. The van der Waals surface area contributed by atoms with Crippen molar-refractivity contribution in [1.29, 1.82) is 0 Å². The minimum atomic E-state index is -0.218. The zero-order valence-corrected chi connectivity index (χ0v) is 18.6. The Hall–Kier alpha value is -2.90. The molecule has 2 amide bonds. The summed E-state index contributed by atoms with van der Waals surface area (Å²) in [4.78, 5) is 27.3. The molecule has 1 heterocycles. The topological polar surface area (TPSA) is 79.9 Å². The predicted molar refractivity (Wildman–Crippen MR) is 121 cm³/mol. The van der Waals surface area contributed by atoms with Crippen LogP contribution < -0.4 is 15.4 Å². The Balaban J connectivity index is 1.87. The van der Waals surface area contributed by atoms with Gasteiger partial charge in [-0.15, -0.1) is 0 Å². The number of amides is 2. The van der Waals surface area contributed by atoms with E-state index in [1.807, 2.05) is 25.1 Å². The molecule has 0 unspecified atom stereocenters. The van der Waals surface area contributed by atoms with Crippen LogP contribution in [0, 0.1) is 5.92 Å². The molecule has 2 aromatic carbocycles. The van der Waals surface area contributed by atoms with Gasteiger partial charge in [0, 0.05) is 50.6 Å². The van der Waals surface area contributed by atoms with Gasteiger partial charge in [-0.25, -0.2) is 0 Å². The van der Waals surface area contributed by atoms with Crippen LogP contribution in [-0.2, 0) is 4.74 Å². The number of fused-ring (bicyclic) bond motifs is 1. The number of benzene rings is 2. The van der Waals surface area contributed by atoms with E-state index in [9.17, 15) is 9.59 Å². The number of hydrogen-bond donors (Lipinski definition) is 2. The number of methoxy groups -OCH3 is 1. The summed E-state index contributed by atoms with van der Waals surface area (Å²) in [7, 11) is 3.44. The first-order valence-electron chi connectivity index (χ1n) is 10.5. The summed E-state index contributed by atoms with van der Waals surface area (Å²) in [6, 6.07) is 14.2. The molecule has 31 heavy (non-hydrogen) atoms. The van der Waals surface area contributed by atoms with E-state index in [-0.39, 0.29) is 29.9 Å². The summed E-state index contributed by atoms with van der Waals surface area (Å²) >= 11 is 0. The monoisotopic (exact) mass is 425 g/mol. The average Bonchev–Trinajstić information content (AvgIpc) is 2.79. The maximum atomic E-state index is 13.1. The van der Waals surface area contributed by atoms with Gasteiger partial charge in [0.05, 0.1) is 11.7 Å². The van der Waals surface area contributed by atoms with Gasteiger partial charge in [0.15, 0.2) is 0 Å². The van der Waals surface area contributed by atoms with Crippen molar-refractivity contribution in [3.8, 4) is 5.75 Å². The third-order valence-electron chi connectivity index (χ3n) is 5.52. The van der Waals surface area contributed by atoms with E-state index in [1.54, 1.807) is 49.4 Å². The van der Waals surface area contributed by atoms with Crippen molar-refractivity contribution in [2.75, 3.05) is 39.2 Å². The molecule has 7 nitrogen and oxygen atoms in total. The molecule has 3 atom stereocenters. The Morgan fingerprint density at radius 1 is 1.19 bits per heavy atom. The molecule has 0 fully saturated rings. The van der Waals surface area contributed by atoms with Crippen LogP contribution in [-0.4, -0.2) is 62.7 Å². The minimum Gasteiger partial charge on any atom is -0.491 e. The van der Waals surface area contributed by atoms with Crippen LogP contribution in [0.25, 0.3) is 0 Å². The molecule has 1 aliphatic rings. The molecule has 0 bridgehead atoms. The Kier molecular flexibility index (Phi) is 7.65. The molecular weight excluding hydrogens is 394 g/mol. The summed E-state index contributed by atoms with van der Waals surface area (Å²) in [5, 5.41) is 6.34. The zero-order valence-electron chi connectivity index (χ0n) is 18.6. The average molecular weight is 426 g/mol. The second kappa shape index (κ2) is 10.4. The van der Waals surface area contributed by atoms with E-state index in [0.717, 1.165) is 6.54 Å². The third-order valence-corrected chi connectivity index (χ3v) is 5.52. The lowest BCUT2D eigenvalue weighted by Crippen LogP contribution is -2.44. The SMILES string of the molecule is CO[C@@H]1CN(C)C(=O)c2ccc(NC(=O)c3ccccc3)cc2OC[C@H](C)NC[C@H]1C. The van der Waals surface area contributed by atoms with Crippen LogP contribution in [0.2, 0.25) is 0 Å². The maximum Gasteiger partial charge on any atom is 0.257 e. The van der Waals surface area contributed by atoms with Gasteiger partial charge in [-0.2, -0.15) is 0 Å². The Morgan fingerprint density at radius 2 is 1.94 bits per heavy atom. The minimum absolute atomic E-state index is 0.0816. The first-order chi connectivity index (χ1) is 14.9. The maximum absolute atomic E-state index is 13.1. The van der Waals surface area contributed by atoms with Crippen molar-refractivity contribution in [2.24, 2.45) is 5.92 Å². The molecule has 0 radical (unpaired) electrons. The summed E-state index contributed by atoms with van der Waals surface area (Å²) in [5.74, 6) is 0.312. The van der Waals surface area contributed by atoms with Crippen LogP contribution in [0.5, 0.6) is 5.75 Å². The van der Waals surface area contributed by atoms with E-state index >= 15 is 0 Å². The van der Waals surface area contributed by atoms with Crippen molar-refractivity contribution in [1.82, 2.24) is 10.2 Å². The van der Waals surface area contributed by atoms with Gasteiger partial charge in [-0.1, -0.05) is 25.1 Å². The smallest absolute Gasteiger partial charge is 0.257 e. The van der Waals surface area contributed by atoms with Crippen molar-refractivity contribution < 1.29 is 19.1 Å². The van der Waals surface area contributed by atoms with Crippen molar-refractivity contribution in [2.45, 2.75) is 26.0 Å². The van der Waals surface area contributed by atoms with Crippen LogP contribution in [0.1, 0.15) is 34.6 Å². The van der Waals surface area contributed by atoms with E-state index in [4.69, 9.17) is 9.47 Å². The second-order valence-corrected chi connectivity index (χ2v) is 8.09. The summed E-state index contributed by atoms with van der Waals surface area (Å²) in [6.45, 7) is 5.76. The first kappa shape index (κ1) is 22.8. The van der Waals surface area contributed by atoms with E-state index in [0.29, 0.717) is 35.7 Å². The number of anilines is 1. The molecule has 7 heteroatoms. The van der Waals surface area contributed by atoms with Gasteiger partial charge in [0.2, 0.25) is 0 Å².